The van der Waals surface area contributed by atoms with Crippen molar-refractivity contribution in [2.24, 2.45) is 0 Å². The van der Waals surface area contributed by atoms with E-state index in [0.29, 0.717) is 5.82 Å². The molecule has 2 aromatic heterocycles. The van der Waals surface area contributed by atoms with Crippen LogP contribution in [0.2, 0.25) is 0 Å². The second kappa shape index (κ2) is 9.09. The van der Waals surface area contributed by atoms with Crippen LogP contribution in [0.5, 0.6) is 0 Å². The van der Waals surface area contributed by atoms with E-state index < -0.39 is 11.9 Å². The number of rotatable bonds is 6. The topological polar surface area (TPSA) is 127 Å². The monoisotopic (exact) mass is 420 g/mol. The van der Waals surface area contributed by atoms with Crippen LogP contribution in [-0.2, 0) is 9.47 Å². The summed E-state index contributed by atoms with van der Waals surface area (Å²) in [5, 5.41) is 12.4. The number of carbonyl (C=O) groups is 2. The number of aromatic nitrogens is 2. The maximum atomic E-state index is 12.4. The number of aryl methyl sites for hydroxylation is 2. The van der Waals surface area contributed by atoms with Gasteiger partial charge in [-0.3, -0.25) is 0 Å². The van der Waals surface area contributed by atoms with E-state index in [2.05, 4.69) is 15.3 Å². The standard InChI is InChI=1S/C22H20N4O5/c1-5-30-21(27)16-11-24-18(14-8-6-7-12(2)9-14)25-19(16)26-20-15(10-23)17(13(3)31-20)22(28)29-4/h6-9,11H,5H2,1-4H3,(H,24,25,26). The van der Waals surface area contributed by atoms with Crippen LogP contribution < -0.4 is 5.32 Å². The third-order valence-corrected chi connectivity index (χ3v) is 4.38. The minimum absolute atomic E-state index is 0.00171. The quantitative estimate of drug-likeness (QED) is 0.590. The highest BCUT2D eigenvalue weighted by Gasteiger charge is 2.26. The second-order valence-electron chi connectivity index (χ2n) is 6.51. The zero-order valence-electron chi connectivity index (χ0n) is 17.5. The van der Waals surface area contributed by atoms with Crippen molar-refractivity contribution < 1.29 is 23.5 Å². The van der Waals surface area contributed by atoms with Crippen molar-refractivity contribution in [1.29, 1.82) is 5.26 Å². The maximum Gasteiger partial charge on any atom is 0.343 e. The number of esters is 2. The fourth-order valence-corrected chi connectivity index (χ4v) is 2.95. The molecule has 0 aliphatic rings. The molecule has 9 nitrogen and oxygen atoms in total. The van der Waals surface area contributed by atoms with E-state index >= 15 is 0 Å². The van der Waals surface area contributed by atoms with E-state index in [1.54, 1.807) is 6.92 Å². The molecule has 0 aliphatic carbocycles. The predicted molar refractivity (Wildman–Crippen MR) is 111 cm³/mol. The van der Waals surface area contributed by atoms with Crippen molar-refractivity contribution in [3.05, 3.63) is 58.5 Å². The number of nitrogens with one attached hydrogen (secondary N) is 1. The van der Waals surface area contributed by atoms with E-state index in [1.807, 2.05) is 37.3 Å². The van der Waals surface area contributed by atoms with Gasteiger partial charge in [0, 0.05) is 11.8 Å². The van der Waals surface area contributed by atoms with Crippen molar-refractivity contribution in [2.75, 3.05) is 19.0 Å². The molecule has 0 unspecified atom stereocenters. The first-order chi connectivity index (χ1) is 14.9. The Morgan fingerprint density at radius 3 is 2.68 bits per heavy atom. The average molecular weight is 420 g/mol. The van der Waals surface area contributed by atoms with Gasteiger partial charge >= 0.3 is 11.9 Å². The van der Waals surface area contributed by atoms with Gasteiger partial charge in [-0.1, -0.05) is 23.8 Å². The molecule has 2 heterocycles. The number of anilines is 2. The molecular weight excluding hydrogens is 400 g/mol. The summed E-state index contributed by atoms with van der Waals surface area (Å²) < 4.78 is 15.4. The predicted octanol–water partition coefficient (Wildman–Crippen LogP) is 3.93. The highest BCUT2D eigenvalue weighted by Crippen LogP contribution is 2.31. The van der Waals surface area contributed by atoms with Gasteiger partial charge in [-0.2, -0.15) is 5.26 Å². The minimum atomic E-state index is -0.709. The van der Waals surface area contributed by atoms with Crippen molar-refractivity contribution in [1.82, 2.24) is 9.97 Å². The van der Waals surface area contributed by atoms with Gasteiger partial charge in [0.2, 0.25) is 5.88 Å². The van der Waals surface area contributed by atoms with Gasteiger partial charge in [-0.05, 0) is 26.8 Å². The van der Waals surface area contributed by atoms with Crippen molar-refractivity contribution in [2.45, 2.75) is 20.8 Å². The van der Waals surface area contributed by atoms with Crippen molar-refractivity contribution >= 4 is 23.6 Å². The third-order valence-electron chi connectivity index (χ3n) is 4.38. The lowest BCUT2D eigenvalue weighted by Gasteiger charge is -2.11. The molecule has 9 heteroatoms. The summed E-state index contributed by atoms with van der Waals surface area (Å²) >= 11 is 0. The molecule has 158 valence electrons. The summed E-state index contributed by atoms with van der Waals surface area (Å²) in [7, 11) is 1.21. The molecule has 0 fully saturated rings. The molecule has 1 aromatic carbocycles. The summed E-state index contributed by atoms with van der Waals surface area (Å²) in [6.45, 7) is 5.31. The molecular formula is C22H20N4O5. The molecule has 0 atom stereocenters. The number of nitrogens with zero attached hydrogens (tertiary/aromatic N) is 3. The first-order valence-electron chi connectivity index (χ1n) is 9.39. The summed E-state index contributed by atoms with van der Waals surface area (Å²) in [4.78, 5) is 33.2. The molecule has 31 heavy (non-hydrogen) atoms. The van der Waals surface area contributed by atoms with E-state index in [9.17, 15) is 14.9 Å². The van der Waals surface area contributed by atoms with Gasteiger partial charge in [0.25, 0.3) is 0 Å². The van der Waals surface area contributed by atoms with Gasteiger partial charge in [0.1, 0.15) is 28.5 Å². The highest BCUT2D eigenvalue weighted by atomic mass is 16.5. The molecule has 0 aliphatic heterocycles. The molecule has 3 rings (SSSR count). The Hall–Kier alpha value is -4.19. The fourth-order valence-electron chi connectivity index (χ4n) is 2.95. The number of hydrogen-bond acceptors (Lipinski definition) is 9. The normalized spacial score (nSPS) is 10.3. The van der Waals surface area contributed by atoms with Crippen LogP contribution in [0.1, 0.15) is 44.5 Å². The maximum absolute atomic E-state index is 12.4. The third kappa shape index (κ3) is 4.38. The lowest BCUT2D eigenvalue weighted by molar-refractivity contribution is 0.0525. The number of hydrogen-bond donors (Lipinski definition) is 1. The lowest BCUT2D eigenvalue weighted by Crippen LogP contribution is -2.11. The number of nitriles is 1. The lowest BCUT2D eigenvalue weighted by atomic mass is 10.1. The van der Waals surface area contributed by atoms with Gasteiger partial charge in [0.15, 0.2) is 11.6 Å². The van der Waals surface area contributed by atoms with Gasteiger partial charge in [0.05, 0.1) is 13.7 Å². The Labute approximate surface area is 178 Å². The molecule has 0 saturated heterocycles. The molecule has 0 amide bonds. The van der Waals surface area contributed by atoms with E-state index in [1.165, 1.54) is 20.2 Å². The first-order valence-corrected chi connectivity index (χ1v) is 9.39. The number of benzene rings is 1. The summed E-state index contributed by atoms with van der Waals surface area (Å²) in [6, 6.07) is 9.47. The highest BCUT2D eigenvalue weighted by molar-refractivity contribution is 5.97. The largest absolute Gasteiger partial charge is 0.465 e. The van der Waals surface area contributed by atoms with Crippen LogP contribution >= 0.6 is 0 Å². The van der Waals surface area contributed by atoms with Gasteiger partial charge in [-0.25, -0.2) is 19.6 Å². The van der Waals surface area contributed by atoms with Crippen LogP contribution in [0, 0.1) is 25.2 Å². The van der Waals surface area contributed by atoms with Gasteiger partial charge < -0.3 is 19.2 Å². The Kier molecular flexibility index (Phi) is 6.31. The van der Waals surface area contributed by atoms with Crippen LogP contribution in [0.4, 0.5) is 11.7 Å². The van der Waals surface area contributed by atoms with Crippen molar-refractivity contribution in [3.63, 3.8) is 0 Å². The van der Waals surface area contributed by atoms with E-state index in [4.69, 9.17) is 13.9 Å². The van der Waals surface area contributed by atoms with Crippen molar-refractivity contribution in [3.8, 4) is 17.5 Å². The average Bonchev–Trinajstić information content (AvgIpc) is 3.07. The Balaban J connectivity index is 2.12. The summed E-state index contributed by atoms with van der Waals surface area (Å²) in [5.74, 6) is -0.771. The molecule has 1 N–H and O–H groups in total. The molecule has 0 spiro atoms. The molecule has 0 saturated carbocycles. The van der Waals surface area contributed by atoms with Crippen LogP contribution in [0.3, 0.4) is 0 Å². The van der Waals surface area contributed by atoms with E-state index in [-0.39, 0.29) is 40.8 Å². The zero-order chi connectivity index (χ0) is 22.5. The smallest absolute Gasteiger partial charge is 0.343 e. The Morgan fingerprint density at radius 2 is 2.03 bits per heavy atom. The first kappa shape index (κ1) is 21.5. The van der Waals surface area contributed by atoms with Crippen LogP contribution in [0.25, 0.3) is 11.4 Å². The van der Waals surface area contributed by atoms with Crippen LogP contribution in [0.15, 0.2) is 34.9 Å². The zero-order valence-corrected chi connectivity index (χ0v) is 17.5. The number of methoxy groups -OCH3 is 1. The number of furan rings is 1. The summed E-state index contributed by atoms with van der Waals surface area (Å²) in [5.41, 5.74) is 1.75. The number of ether oxygens (including phenoxy) is 2. The Morgan fingerprint density at radius 1 is 1.26 bits per heavy atom. The SMILES string of the molecule is CCOC(=O)c1cnc(-c2cccc(C)c2)nc1Nc1oc(C)c(C(=O)OC)c1C#N. The van der Waals surface area contributed by atoms with Crippen LogP contribution in [-0.4, -0.2) is 35.6 Å². The fraction of sp³-hybridized carbons (Fsp3) is 0.227. The van der Waals surface area contributed by atoms with E-state index in [0.717, 1.165) is 11.1 Å². The number of carbonyl (C=O) groups excluding carboxylic acids is 2. The second-order valence-corrected chi connectivity index (χ2v) is 6.51. The molecule has 0 radical (unpaired) electrons. The van der Waals surface area contributed by atoms with Gasteiger partial charge in [-0.15, -0.1) is 0 Å². The summed E-state index contributed by atoms with van der Waals surface area (Å²) in [6.07, 6.45) is 1.34. The molecule has 3 aromatic rings. The minimum Gasteiger partial charge on any atom is -0.465 e. The molecule has 0 bridgehead atoms. The Bertz CT molecular complexity index is 1190.